The summed E-state index contributed by atoms with van der Waals surface area (Å²) in [6.45, 7) is 0. The molecule has 0 aromatic heterocycles. The number of carbonyl (C=O) groups excluding carboxylic acids is 1. The van der Waals surface area contributed by atoms with Gasteiger partial charge in [0.25, 0.3) is 0 Å². The standard InChI is InChI=1S/C10H14O4/c1-12-9-6-7(2-3-8(9)11)10-13-4-5-14-10/h4-5,7,9-10H,2-3,6H2,1H3. The lowest BCUT2D eigenvalue weighted by Gasteiger charge is -2.29. The largest absolute Gasteiger partial charge is 0.459 e. The van der Waals surface area contributed by atoms with Crippen molar-refractivity contribution in [2.75, 3.05) is 7.11 Å². The second kappa shape index (κ2) is 4.00. The smallest absolute Gasteiger partial charge is 0.242 e. The molecule has 4 heteroatoms. The first-order valence-electron chi connectivity index (χ1n) is 4.82. The van der Waals surface area contributed by atoms with Gasteiger partial charge in [-0.3, -0.25) is 4.79 Å². The zero-order valence-corrected chi connectivity index (χ0v) is 8.14. The molecule has 0 radical (unpaired) electrons. The van der Waals surface area contributed by atoms with Crippen LogP contribution in [0.3, 0.4) is 0 Å². The SMILES string of the molecule is COC1CC(C2OC=CO2)CCC1=O. The number of methoxy groups -OCH3 is 1. The van der Waals surface area contributed by atoms with Crippen molar-refractivity contribution in [3.8, 4) is 0 Å². The number of Topliss-reactive ketones (excluding diaryl/α,β-unsaturated/α-hetero) is 1. The van der Waals surface area contributed by atoms with Crippen molar-refractivity contribution in [2.45, 2.75) is 31.7 Å². The van der Waals surface area contributed by atoms with Crippen LogP contribution in [0.4, 0.5) is 0 Å². The summed E-state index contributed by atoms with van der Waals surface area (Å²) in [4.78, 5) is 11.4. The summed E-state index contributed by atoms with van der Waals surface area (Å²) in [7, 11) is 1.57. The fourth-order valence-corrected chi connectivity index (χ4v) is 1.96. The molecule has 0 amide bonds. The second-order valence-electron chi connectivity index (χ2n) is 3.64. The molecule has 78 valence electrons. The molecule has 2 unspecified atom stereocenters. The maximum absolute atomic E-state index is 11.4. The highest BCUT2D eigenvalue weighted by Gasteiger charge is 2.35. The number of hydrogen-bond donors (Lipinski definition) is 0. The van der Waals surface area contributed by atoms with Crippen molar-refractivity contribution in [3.63, 3.8) is 0 Å². The van der Waals surface area contributed by atoms with Crippen LogP contribution in [0.25, 0.3) is 0 Å². The van der Waals surface area contributed by atoms with Crippen molar-refractivity contribution in [1.82, 2.24) is 0 Å². The van der Waals surface area contributed by atoms with Gasteiger partial charge >= 0.3 is 0 Å². The Labute approximate surface area is 82.8 Å². The van der Waals surface area contributed by atoms with Crippen molar-refractivity contribution in [3.05, 3.63) is 12.5 Å². The molecular formula is C10H14O4. The second-order valence-corrected chi connectivity index (χ2v) is 3.64. The Morgan fingerprint density at radius 3 is 2.79 bits per heavy atom. The van der Waals surface area contributed by atoms with E-state index in [4.69, 9.17) is 14.2 Å². The van der Waals surface area contributed by atoms with Crippen LogP contribution in [0.1, 0.15) is 19.3 Å². The predicted octanol–water partition coefficient (Wildman–Crippen LogP) is 1.21. The van der Waals surface area contributed by atoms with E-state index >= 15 is 0 Å². The maximum Gasteiger partial charge on any atom is 0.242 e. The molecule has 1 heterocycles. The average Bonchev–Trinajstić information content (AvgIpc) is 2.71. The van der Waals surface area contributed by atoms with Crippen LogP contribution in [0.2, 0.25) is 0 Å². The Kier molecular flexibility index (Phi) is 2.72. The third-order valence-corrected chi connectivity index (χ3v) is 2.79. The third-order valence-electron chi connectivity index (χ3n) is 2.79. The number of ether oxygens (including phenoxy) is 3. The quantitative estimate of drug-likeness (QED) is 0.669. The lowest BCUT2D eigenvalue weighted by molar-refractivity contribution is -0.140. The molecule has 1 aliphatic heterocycles. The normalized spacial score (nSPS) is 32.8. The highest BCUT2D eigenvalue weighted by Crippen LogP contribution is 2.30. The molecule has 0 bridgehead atoms. The topological polar surface area (TPSA) is 44.8 Å². The minimum atomic E-state index is -0.276. The molecule has 0 aromatic carbocycles. The Morgan fingerprint density at radius 2 is 2.14 bits per heavy atom. The van der Waals surface area contributed by atoms with Gasteiger partial charge in [0, 0.05) is 19.4 Å². The molecule has 2 aliphatic rings. The fraction of sp³-hybridized carbons (Fsp3) is 0.700. The zero-order chi connectivity index (χ0) is 9.97. The van der Waals surface area contributed by atoms with E-state index in [0.717, 1.165) is 6.42 Å². The Bertz CT molecular complexity index is 241. The highest BCUT2D eigenvalue weighted by molar-refractivity contribution is 5.83. The van der Waals surface area contributed by atoms with Crippen LogP contribution in [-0.2, 0) is 19.0 Å². The van der Waals surface area contributed by atoms with Gasteiger partial charge in [-0.05, 0) is 12.8 Å². The maximum atomic E-state index is 11.4. The first-order valence-corrected chi connectivity index (χ1v) is 4.82. The molecule has 2 rings (SSSR count). The van der Waals surface area contributed by atoms with E-state index in [1.54, 1.807) is 19.6 Å². The van der Waals surface area contributed by atoms with Gasteiger partial charge in [0.1, 0.15) is 18.6 Å². The van der Waals surface area contributed by atoms with E-state index in [0.29, 0.717) is 12.8 Å². The van der Waals surface area contributed by atoms with Gasteiger partial charge in [-0.1, -0.05) is 0 Å². The summed E-state index contributed by atoms with van der Waals surface area (Å²) in [6.07, 6.45) is 4.67. The van der Waals surface area contributed by atoms with Gasteiger partial charge < -0.3 is 14.2 Å². The van der Waals surface area contributed by atoms with Crippen molar-refractivity contribution < 1.29 is 19.0 Å². The van der Waals surface area contributed by atoms with Crippen LogP contribution in [0, 0.1) is 5.92 Å². The fourth-order valence-electron chi connectivity index (χ4n) is 1.96. The Morgan fingerprint density at radius 1 is 1.43 bits per heavy atom. The first kappa shape index (κ1) is 9.52. The number of ketones is 1. The van der Waals surface area contributed by atoms with Gasteiger partial charge in [-0.2, -0.15) is 0 Å². The van der Waals surface area contributed by atoms with Crippen molar-refractivity contribution >= 4 is 5.78 Å². The van der Waals surface area contributed by atoms with Crippen LogP contribution in [0.15, 0.2) is 12.5 Å². The molecule has 0 spiro atoms. The zero-order valence-electron chi connectivity index (χ0n) is 8.14. The molecular weight excluding hydrogens is 184 g/mol. The van der Waals surface area contributed by atoms with Crippen LogP contribution in [-0.4, -0.2) is 25.3 Å². The minimum Gasteiger partial charge on any atom is -0.459 e. The van der Waals surface area contributed by atoms with E-state index in [2.05, 4.69) is 0 Å². The van der Waals surface area contributed by atoms with Gasteiger partial charge in [0.05, 0.1) is 0 Å². The molecule has 0 saturated heterocycles. The van der Waals surface area contributed by atoms with Crippen LogP contribution >= 0.6 is 0 Å². The molecule has 4 nitrogen and oxygen atoms in total. The lowest BCUT2D eigenvalue weighted by atomic mass is 9.86. The highest BCUT2D eigenvalue weighted by atomic mass is 16.7. The van der Waals surface area contributed by atoms with Gasteiger partial charge in [0.15, 0.2) is 5.78 Å². The average molecular weight is 198 g/mol. The third kappa shape index (κ3) is 1.75. The van der Waals surface area contributed by atoms with E-state index < -0.39 is 0 Å². The molecule has 1 fully saturated rings. The minimum absolute atomic E-state index is 0.190. The molecule has 0 N–H and O–H groups in total. The molecule has 1 saturated carbocycles. The number of carbonyl (C=O) groups is 1. The molecule has 2 atom stereocenters. The Balaban J connectivity index is 1.92. The predicted molar refractivity (Wildman–Crippen MR) is 48.2 cm³/mol. The molecule has 0 aromatic rings. The van der Waals surface area contributed by atoms with Gasteiger partial charge in [0.2, 0.25) is 6.29 Å². The molecule has 14 heavy (non-hydrogen) atoms. The summed E-state index contributed by atoms with van der Waals surface area (Å²) in [5.41, 5.74) is 0. The summed E-state index contributed by atoms with van der Waals surface area (Å²) >= 11 is 0. The summed E-state index contributed by atoms with van der Waals surface area (Å²) in [5.74, 6) is 0.447. The monoisotopic (exact) mass is 198 g/mol. The first-order chi connectivity index (χ1) is 6.81. The van der Waals surface area contributed by atoms with Crippen LogP contribution < -0.4 is 0 Å². The van der Waals surface area contributed by atoms with Crippen molar-refractivity contribution in [2.24, 2.45) is 5.92 Å². The summed E-state index contributed by atoms with van der Waals surface area (Å²) < 4.78 is 15.6. The number of rotatable bonds is 2. The summed E-state index contributed by atoms with van der Waals surface area (Å²) in [5, 5.41) is 0. The van der Waals surface area contributed by atoms with Gasteiger partial charge in [-0.15, -0.1) is 0 Å². The van der Waals surface area contributed by atoms with E-state index in [1.165, 1.54) is 0 Å². The summed E-state index contributed by atoms with van der Waals surface area (Å²) in [6, 6.07) is 0. The van der Waals surface area contributed by atoms with Crippen LogP contribution in [0.5, 0.6) is 0 Å². The molecule has 1 aliphatic carbocycles. The van der Waals surface area contributed by atoms with Gasteiger partial charge in [-0.25, -0.2) is 0 Å². The van der Waals surface area contributed by atoms with Crippen molar-refractivity contribution in [1.29, 1.82) is 0 Å². The van der Waals surface area contributed by atoms with E-state index in [9.17, 15) is 4.79 Å². The number of hydrogen-bond acceptors (Lipinski definition) is 4. The van der Waals surface area contributed by atoms with E-state index in [1.807, 2.05) is 0 Å². The lowest BCUT2D eigenvalue weighted by Crippen LogP contribution is -2.36. The Hall–Kier alpha value is -1.03. The van der Waals surface area contributed by atoms with E-state index in [-0.39, 0.29) is 24.1 Å².